The first-order chi connectivity index (χ1) is 18.4. The van der Waals surface area contributed by atoms with Gasteiger partial charge in [0.2, 0.25) is 0 Å². The number of hydrogen-bond donors (Lipinski definition) is 3. The largest absolute Gasteiger partial charge is 0.481 e. The summed E-state index contributed by atoms with van der Waals surface area (Å²) in [6.45, 7) is 6.44. The van der Waals surface area contributed by atoms with Gasteiger partial charge in [-0.15, -0.1) is 0 Å². The molecule has 0 aromatic carbocycles. The monoisotopic (exact) mass is 543 g/mol. The number of nitrogens with zero attached hydrogens (tertiary/aromatic N) is 1. The first-order valence-corrected chi connectivity index (χ1v) is 15.8. The van der Waals surface area contributed by atoms with Crippen molar-refractivity contribution in [3.05, 3.63) is 0 Å². The zero-order valence-corrected chi connectivity index (χ0v) is 24.8. The van der Waals surface area contributed by atoms with Gasteiger partial charge in [-0.05, 0) is 58.0 Å². The second-order valence-electron chi connectivity index (χ2n) is 11.0. The van der Waals surface area contributed by atoms with Crippen LogP contribution in [0, 0.1) is 0 Å². The molecule has 7 heteroatoms. The van der Waals surface area contributed by atoms with Crippen LogP contribution >= 0.6 is 0 Å². The van der Waals surface area contributed by atoms with Gasteiger partial charge in [0.05, 0.1) is 12.7 Å². The van der Waals surface area contributed by atoms with Gasteiger partial charge < -0.3 is 25.0 Å². The van der Waals surface area contributed by atoms with Gasteiger partial charge in [-0.1, -0.05) is 90.9 Å². The summed E-state index contributed by atoms with van der Waals surface area (Å²) in [6.07, 6.45) is 20.6. The van der Waals surface area contributed by atoms with Crippen molar-refractivity contribution in [1.29, 1.82) is 0 Å². The van der Waals surface area contributed by atoms with Gasteiger partial charge in [0.1, 0.15) is 6.10 Å². The third-order valence-corrected chi connectivity index (χ3v) is 7.19. The SMILES string of the molecule is CCCCCCCCC(CCC)OC(=O)CCCCCCCN(CCCCCCCC(=O)O)CC(O)CO. The molecule has 226 valence electrons. The van der Waals surface area contributed by atoms with Crippen molar-refractivity contribution in [2.24, 2.45) is 0 Å². The number of aliphatic hydroxyl groups excluding tert-OH is 2. The molecule has 0 fully saturated rings. The van der Waals surface area contributed by atoms with E-state index >= 15 is 0 Å². The van der Waals surface area contributed by atoms with Crippen LogP contribution in [0.5, 0.6) is 0 Å². The summed E-state index contributed by atoms with van der Waals surface area (Å²) in [5.41, 5.74) is 0. The maximum absolute atomic E-state index is 12.3. The van der Waals surface area contributed by atoms with Crippen LogP contribution in [0.25, 0.3) is 0 Å². The van der Waals surface area contributed by atoms with Gasteiger partial charge in [-0.25, -0.2) is 0 Å². The normalized spacial score (nSPS) is 13.1. The number of esters is 1. The van der Waals surface area contributed by atoms with Gasteiger partial charge >= 0.3 is 11.9 Å². The number of ether oxygens (including phenoxy) is 1. The highest BCUT2D eigenvalue weighted by Crippen LogP contribution is 2.16. The Labute approximate surface area is 233 Å². The molecule has 0 saturated heterocycles. The molecular weight excluding hydrogens is 482 g/mol. The van der Waals surface area contributed by atoms with E-state index in [2.05, 4.69) is 18.7 Å². The molecule has 0 amide bonds. The Morgan fingerprint density at radius 3 is 1.76 bits per heavy atom. The summed E-state index contributed by atoms with van der Waals surface area (Å²) < 4.78 is 5.79. The number of aliphatic hydroxyl groups is 2. The van der Waals surface area contributed by atoms with Gasteiger partial charge in [0, 0.05) is 19.4 Å². The molecule has 0 aliphatic rings. The third-order valence-electron chi connectivity index (χ3n) is 7.19. The molecule has 0 heterocycles. The minimum atomic E-state index is -0.728. The fourth-order valence-electron chi connectivity index (χ4n) is 4.91. The molecule has 0 bridgehead atoms. The molecule has 3 N–H and O–H groups in total. The molecule has 0 aromatic heterocycles. The van der Waals surface area contributed by atoms with E-state index in [0.717, 1.165) is 103 Å². The van der Waals surface area contributed by atoms with E-state index in [1.807, 2.05) is 0 Å². The minimum absolute atomic E-state index is 0.0402. The number of carbonyl (C=O) groups is 2. The first kappa shape index (κ1) is 36.8. The van der Waals surface area contributed by atoms with E-state index in [-0.39, 0.29) is 25.1 Å². The lowest BCUT2D eigenvalue weighted by atomic mass is 10.0. The third kappa shape index (κ3) is 25.1. The number of carboxylic acids is 1. The van der Waals surface area contributed by atoms with Gasteiger partial charge in [0.15, 0.2) is 0 Å². The Kier molecular flexibility index (Phi) is 26.5. The molecule has 0 saturated carbocycles. The zero-order chi connectivity index (χ0) is 28.3. The molecule has 0 aliphatic carbocycles. The molecule has 0 rings (SSSR count). The number of aliphatic carboxylic acids is 1. The average molecular weight is 544 g/mol. The molecule has 7 nitrogen and oxygen atoms in total. The standard InChI is InChI=1S/C31H61NO6/c1-3-5-6-7-10-15-21-29(20-4-2)38-31(37)23-17-12-9-14-19-25-32(26-28(34)27-33)24-18-13-8-11-16-22-30(35)36/h28-29,33-34H,3-27H2,1-2H3,(H,35,36). The summed E-state index contributed by atoms with van der Waals surface area (Å²) in [7, 11) is 0. The van der Waals surface area contributed by atoms with Crippen molar-refractivity contribution in [3.8, 4) is 0 Å². The molecular formula is C31H61NO6. The summed E-state index contributed by atoms with van der Waals surface area (Å²) in [4.78, 5) is 25.1. The van der Waals surface area contributed by atoms with Gasteiger partial charge in [0.25, 0.3) is 0 Å². The van der Waals surface area contributed by atoms with Crippen LogP contribution in [-0.2, 0) is 14.3 Å². The molecule has 38 heavy (non-hydrogen) atoms. The van der Waals surface area contributed by atoms with Crippen molar-refractivity contribution in [2.75, 3.05) is 26.2 Å². The second kappa shape index (κ2) is 27.4. The van der Waals surface area contributed by atoms with Crippen LogP contribution in [0.4, 0.5) is 0 Å². The summed E-state index contributed by atoms with van der Waals surface area (Å²) in [5, 5.41) is 27.8. The van der Waals surface area contributed by atoms with E-state index in [9.17, 15) is 19.8 Å². The number of rotatable bonds is 29. The fourth-order valence-corrected chi connectivity index (χ4v) is 4.91. The molecule has 0 spiro atoms. The van der Waals surface area contributed by atoms with Crippen molar-refractivity contribution in [2.45, 2.75) is 161 Å². The predicted molar refractivity (Wildman–Crippen MR) is 155 cm³/mol. The van der Waals surface area contributed by atoms with Crippen molar-refractivity contribution in [3.63, 3.8) is 0 Å². The number of hydrogen-bond acceptors (Lipinski definition) is 6. The summed E-state index contributed by atoms with van der Waals surface area (Å²) in [6, 6.07) is 0. The first-order valence-electron chi connectivity index (χ1n) is 15.8. The van der Waals surface area contributed by atoms with E-state index in [1.165, 1.54) is 32.1 Å². The van der Waals surface area contributed by atoms with E-state index in [1.54, 1.807) is 0 Å². The second-order valence-corrected chi connectivity index (χ2v) is 11.0. The minimum Gasteiger partial charge on any atom is -0.481 e. The Morgan fingerprint density at radius 2 is 1.21 bits per heavy atom. The molecule has 2 atom stereocenters. The van der Waals surface area contributed by atoms with Crippen LogP contribution in [0.3, 0.4) is 0 Å². The highest BCUT2D eigenvalue weighted by Gasteiger charge is 2.14. The Morgan fingerprint density at radius 1 is 0.684 bits per heavy atom. The molecule has 0 radical (unpaired) electrons. The van der Waals surface area contributed by atoms with Crippen molar-refractivity contribution >= 4 is 11.9 Å². The van der Waals surface area contributed by atoms with Crippen LogP contribution in [0.15, 0.2) is 0 Å². The lowest BCUT2D eigenvalue weighted by molar-refractivity contribution is -0.150. The maximum Gasteiger partial charge on any atom is 0.306 e. The summed E-state index contributed by atoms with van der Waals surface area (Å²) >= 11 is 0. The van der Waals surface area contributed by atoms with Crippen molar-refractivity contribution < 1.29 is 29.6 Å². The molecule has 0 aliphatic heterocycles. The quantitative estimate of drug-likeness (QED) is 0.0698. The smallest absolute Gasteiger partial charge is 0.306 e. The molecule has 0 aromatic rings. The van der Waals surface area contributed by atoms with Gasteiger partial charge in [-0.3, -0.25) is 9.59 Å². The number of unbranched alkanes of at least 4 members (excludes halogenated alkanes) is 13. The fraction of sp³-hybridized carbons (Fsp3) is 0.935. The summed E-state index contributed by atoms with van der Waals surface area (Å²) in [5.74, 6) is -0.768. The van der Waals surface area contributed by atoms with Crippen LogP contribution < -0.4 is 0 Å². The predicted octanol–water partition coefficient (Wildman–Crippen LogP) is 6.87. The van der Waals surface area contributed by atoms with Crippen LogP contribution in [-0.4, -0.2) is 70.6 Å². The Bertz CT molecular complexity index is 544. The Balaban J connectivity index is 3.98. The Hall–Kier alpha value is -1.18. The van der Waals surface area contributed by atoms with Crippen LogP contribution in [0.1, 0.15) is 149 Å². The average Bonchev–Trinajstić information content (AvgIpc) is 2.88. The molecule has 2 unspecified atom stereocenters. The van der Waals surface area contributed by atoms with E-state index in [4.69, 9.17) is 9.84 Å². The lowest BCUT2D eigenvalue weighted by Crippen LogP contribution is -2.35. The maximum atomic E-state index is 12.3. The van der Waals surface area contributed by atoms with Gasteiger partial charge in [-0.2, -0.15) is 0 Å². The lowest BCUT2D eigenvalue weighted by Gasteiger charge is -2.24. The van der Waals surface area contributed by atoms with Crippen molar-refractivity contribution in [1.82, 2.24) is 4.90 Å². The number of carbonyl (C=O) groups excluding carboxylic acids is 1. The van der Waals surface area contributed by atoms with Crippen LogP contribution in [0.2, 0.25) is 0 Å². The highest BCUT2D eigenvalue weighted by atomic mass is 16.5. The van der Waals surface area contributed by atoms with E-state index < -0.39 is 12.1 Å². The topological polar surface area (TPSA) is 107 Å². The zero-order valence-electron chi connectivity index (χ0n) is 24.8. The highest BCUT2D eigenvalue weighted by molar-refractivity contribution is 5.69. The number of carboxylic acid groups (broad SMARTS) is 1. The van der Waals surface area contributed by atoms with E-state index in [0.29, 0.717) is 13.0 Å².